The Morgan fingerprint density at radius 1 is 1.12 bits per heavy atom. The number of H-pyrrole nitrogens is 1. The van der Waals surface area contributed by atoms with Crippen LogP contribution in [0.15, 0.2) is 66.7 Å². The molecule has 1 aromatic heterocycles. The number of aromatic amines is 1. The molecule has 2 aliphatic rings. The second-order valence-electron chi connectivity index (χ2n) is 8.67. The number of benzene rings is 3. The number of aryl methyl sites for hydroxylation is 1. The lowest BCUT2D eigenvalue weighted by Crippen LogP contribution is -2.42. The number of nitrogens with one attached hydrogen (secondary N) is 1. The van der Waals surface area contributed by atoms with Gasteiger partial charge < -0.3 is 9.72 Å². The van der Waals surface area contributed by atoms with E-state index in [-0.39, 0.29) is 12.2 Å². The molecule has 8 heteroatoms. The van der Waals surface area contributed by atoms with Gasteiger partial charge in [0, 0.05) is 11.4 Å². The third-order valence-electron chi connectivity index (χ3n) is 6.63. The molecule has 6 nitrogen and oxygen atoms in total. The van der Waals surface area contributed by atoms with Gasteiger partial charge in [-0.1, -0.05) is 48.0 Å². The van der Waals surface area contributed by atoms with Crippen molar-refractivity contribution in [2.24, 2.45) is 0 Å². The molecular formula is C26H19ClFN3O3. The Hall–Kier alpha value is -3.71. The van der Waals surface area contributed by atoms with Crippen LogP contribution in [-0.2, 0) is 28.0 Å². The van der Waals surface area contributed by atoms with Crippen molar-refractivity contribution in [2.75, 3.05) is 0 Å². The zero-order chi connectivity index (χ0) is 23.4. The molecule has 6 rings (SSSR count). The number of imidazole rings is 1. The second kappa shape index (κ2) is 7.67. The average molecular weight is 476 g/mol. The number of carbonyl (C=O) groups is 2. The summed E-state index contributed by atoms with van der Waals surface area (Å²) in [4.78, 5) is 36.3. The fourth-order valence-electron chi connectivity index (χ4n) is 5.00. The highest BCUT2D eigenvalue weighted by atomic mass is 35.5. The number of carbonyl (C=O) groups excluding carboxylic acids is 2. The molecule has 1 fully saturated rings. The lowest BCUT2D eigenvalue weighted by atomic mass is 9.92. The van der Waals surface area contributed by atoms with E-state index in [1.165, 1.54) is 17.0 Å². The minimum atomic E-state index is -1.71. The van der Waals surface area contributed by atoms with Crippen LogP contribution in [0.1, 0.15) is 35.0 Å². The van der Waals surface area contributed by atoms with E-state index >= 15 is 0 Å². The summed E-state index contributed by atoms with van der Waals surface area (Å²) < 4.78 is 19.4. The summed E-state index contributed by atoms with van der Waals surface area (Å²) in [5, 5.41) is 0.509. The van der Waals surface area contributed by atoms with Crippen molar-refractivity contribution in [1.82, 2.24) is 14.9 Å². The highest BCUT2D eigenvalue weighted by molar-refractivity contribution is 6.31. The zero-order valence-corrected chi connectivity index (χ0v) is 18.7. The maximum absolute atomic E-state index is 14.1. The average Bonchev–Trinajstić information content (AvgIpc) is 3.50. The predicted octanol–water partition coefficient (Wildman–Crippen LogP) is 5.46. The van der Waals surface area contributed by atoms with Gasteiger partial charge in [-0.05, 0) is 59.9 Å². The highest BCUT2D eigenvalue weighted by Crippen LogP contribution is 2.44. The van der Waals surface area contributed by atoms with Gasteiger partial charge in [0.05, 0.1) is 17.1 Å². The van der Waals surface area contributed by atoms with E-state index in [2.05, 4.69) is 9.97 Å². The summed E-state index contributed by atoms with van der Waals surface area (Å²) in [6.45, 7) is 0. The number of nitrogens with zero attached hydrogens (tertiary/aromatic N) is 2. The minimum Gasteiger partial charge on any atom is -0.424 e. The molecular weight excluding hydrogens is 457 g/mol. The number of hydrogen-bond acceptors (Lipinski definition) is 4. The molecule has 0 saturated carbocycles. The highest BCUT2D eigenvalue weighted by Gasteiger charge is 2.59. The van der Waals surface area contributed by atoms with Crippen molar-refractivity contribution in [3.8, 4) is 0 Å². The topological polar surface area (TPSA) is 75.3 Å². The lowest BCUT2D eigenvalue weighted by Gasteiger charge is -2.25. The molecule has 0 bridgehead atoms. The quantitative estimate of drug-likeness (QED) is 0.425. The summed E-state index contributed by atoms with van der Waals surface area (Å²) in [6.07, 6.45) is 0.692. The maximum atomic E-state index is 14.1. The van der Waals surface area contributed by atoms with Gasteiger partial charge in [0.15, 0.2) is 5.82 Å². The van der Waals surface area contributed by atoms with Gasteiger partial charge >= 0.3 is 6.09 Å². The number of aromatic nitrogens is 2. The molecule has 2 heterocycles. The molecule has 0 spiro atoms. The van der Waals surface area contributed by atoms with Gasteiger partial charge in [0.2, 0.25) is 0 Å². The summed E-state index contributed by atoms with van der Waals surface area (Å²) >= 11 is 6.13. The number of fused-ring (bicyclic) bond motifs is 2. The van der Waals surface area contributed by atoms with Crippen molar-refractivity contribution in [3.63, 3.8) is 0 Å². The standard InChI is InChI=1S/C26H19ClFN3O3/c27-17-8-11-20-21(13-17)30-23(29-20)26(14-15-5-9-18(28)10-6-15)24(32)31(25(33)34-26)22-12-7-16-3-1-2-4-19(16)22/h1-6,8-11,13,22H,7,12,14H2,(H,29,30)/t22-,26-/m1/s1. The van der Waals surface area contributed by atoms with Gasteiger partial charge in [0.1, 0.15) is 5.82 Å². The number of imide groups is 1. The van der Waals surface area contributed by atoms with Gasteiger partial charge in [0.25, 0.3) is 11.5 Å². The number of hydrogen-bond donors (Lipinski definition) is 1. The van der Waals surface area contributed by atoms with Crippen molar-refractivity contribution in [1.29, 1.82) is 0 Å². The number of ether oxygens (including phenoxy) is 1. The van der Waals surface area contributed by atoms with Crippen LogP contribution < -0.4 is 0 Å². The molecule has 0 unspecified atom stereocenters. The van der Waals surface area contributed by atoms with Crippen molar-refractivity contribution in [2.45, 2.75) is 30.9 Å². The molecule has 0 radical (unpaired) electrons. The van der Waals surface area contributed by atoms with Crippen LogP contribution in [0.5, 0.6) is 0 Å². The van der Waals surface area contributed by atoms with Gasteiger partial charge in [-0.2, -0.15) is 0 Å². The largest absolute Gasteiger partial charge is 0.424 e. The first-order chi connectivity index (χ1) is 16.4. The third kappa shape index (κ3) is 3.19. The Kier molecular flexibility index (Phi) is 4.71. The zero-order valence-electron chi connectivity index (χ0n) is 17.9. The first kappa shape index (κ1) is 20.9. The van der Waals surface area contributed by atoms with Crippen LogP contribution in [-0.4, -0.2) is 26.9 Å². The number of amides is 2. The van der Waals surface area contributed by atoms with Crippen LogP contribution in [0.3, 0.4) is 0 Å². The summed E-state index contributed by atoms with van der Waals surface area (Å²) in [5.74, 6) is -0.676. The summed E-state index contributed by atoms with van der Waals surface area (Å²) in [7, 11) is 0. The van der Waals surface area contributed by atoms with Crippen LogP contribution >= 0.6 is 11.6 Å². The van der Waals surface area contributed by atoms with Crippen LogP contribution in [0.2, 0.25) is 5.02 Å². The maximum Gasteiger partial charge on any atom is 0.418 e. The second-order valence-corrected chi connectivity index (χ2v) is 9.11. The number of halogens is 2. The van der Waals surface area contributed by atoms with Crippen molar-refractivity contribution >= 4 is 34.6 Å². The molecule has 2 amide bonds. The number of cyclic esters (lactones) is 1. The first-order valence-electron chi connectivity index (χ1n) is 11.0. The van der Waals surface area contributed by atoms with Gasteiger partial charge in [-0.3, -0.25) is 4.79 Å². The molecule has 3 aromatic carbocycles. The molecule has 2 atom stereocenters. The molecule has 34 heavy (non-hydrogen) atoms. The van der Waals surface area contributed by atoms with E-state index < -0.39 is 29.5 Å². The number of rotatable bonds is 4. The minimum absolute atomic E-state index is 0.0102. The Labute approximate surface area is 199 Å². The molecule has 1 aliphatic carbocycles. The third-order valence-corrected chi connectivity index (χ3v) is 6.86. The van der Waals surface area contributed by atoms with E-state index in [1.807, 2.05) is 24.3 Å². The summed E-state index contributed by atoms with van der Waals surface area (Å²) in [6, 6.07) is 18.3. The van der Waals surface area contributed by atoms with Gasteiger partial charge in [-0.25, -0.2) is 19.1 Å². The fourth-order valence-corrected chi connectivity index (χ4v) is 5.17. The molecule has 1 aliphatic heterocycles. The van der Waals surface area contributed by atoms with Crippen molar-refractivity contribution < 1.29 is 18.7 Å². The Balaban J connectivity index is 1.47. The lowest BCUT2D eigenvalue weighted by molar-refractivity contribution is -0.139. The molecule has 1 N–H and O–H groups in total. The van der Waals surface area contributed by atoms with Crippen LogP contribution in [0, 0.1) is 5.82 Å². The van der Waals surface area contributed by atoms with Gasteiger partial charge in [-0.15, -0.1) is 0 Å². The van der Waals surface area contributed by atoms with E-state index in [9.17, 15) is 14.0 Å². The smallest absolute Gasteiger partial charge is 0.418 e. The fraction of sp³-hybridized carbons (Fsp3) is 0.192. The van der Waals surface area contributed by atoms with E-state index in [4.69, 9.17) is 16.3 Å². The predicted molar refractivity (Wildman–Crippen MR) is 124 cm³/mol. The first-order valence-corrected chi connectivity index (χ1v) is 11.4. The van der Waals surface area contributed by atoms with Crippen LogP contribution in [0.4, 0.5) is 9.18 Å². The molecule has 1 saturated heterocycles. The monoisotopic (exact) mass is 475 g/mol. The van der Waals surface area contributed by atoms with E-state index in [0.29, 0.717) is 28.0 Å². The molecule has 170 valence electrons. The van der Waals surface area contributed by atoms with E-state index in [0.717, 1.165) is 17.5 Å². The summed E-state index contributed by atoms with van der Waals surface area (Å²) in [5.41, 5.74) is 2.19. The van der Waals surface area contributed by atoms with Crippen molar-refractivity contribution in [3.05, 3.63) is 100 Å². The van der Waals surface area contributed by atoms with E-state index in [1.54, 1.807) is 30.3 Å². The SMILES string of the molecule is O=C1O[C@](Cc2ccc(F)cc2)(c2nc3ccc(Cl)cc3[nH]2)C(=O)N1[C@@H]1CCc2ccccc21. The Morgan fingerprint density at radius 3 is 2.74 bits per heavy atom. The Bertz CT molecular complexity index is 1450. The van der Waals surface area contributed by atoms with Crippen LogP contribution in [0.25, 0.3) is 11.0 Å². The normalized spacial score (nSPS) is 21.8. The molecule has 4 aromatic rings. The Morgan fingerprint density at radius 2 is 1.91 bits per heavy atom.